The first kappa shape index (κ1) is 30.9. The normalized spacial score (nSPS) is 25.6. The van der Waals surface area contributed by atoms with Gasteiger partial charge in [-0.1, -0.05) is 0 Å². The third kappa shape index (κ3) is 4.09. The summed E-state index contributed by atoms with van der Waals surface area (Å²) in [5.41, 5.74) is -5.65. The molecule has 2 heterocycles. The average Bonchev–Trinajstić information content (AvgIpc) is 3.26. The summed E-state index contributed by atoms with van der Waals surface area (Å²) < 4.78 is 98.2. The van der Waals surface area contributed by atoms with Crippen molar-refractivity contribution in [3.63, 3.8) is 0 Å². The lowest BCUT2D eigenvalue weighted by Crippen LogP contribution is -2.80. The highest BCUT2D eigenvalue weighted by Gasteiger charge is 2.88. The molecule has 236 valence electrons. The molecule has 1 saturated carbocycles. The Hall–Kier alpha value is -4.50. The molecule has 0 N–H and O–H groups in total. The molecule has 0 unspecified atom stereocenters. The molecule has 16 heteroatoms. The highest BCUT2D eigenvalue weighted by molar-refractivity contribution is 6.24. The zero-order valence-corrected chi connectivity index (χ0v) is 23.5. The second-order valence-electron chi connectivity index (χ2n) is 10.3. The van der Waals surface area contributed by atoms with Gasteiger partial charge in [-0.3, -0.25) is 19.2 Å². The number of likely N-dealkylation sites (N-methyl/N-ethyl adjacent to an activating group) is 2. The van der Waals surface area contributed by atoms with E-state index in [1.165, 1.54) is 27.9 Å². The number of alkyl halides is 6. The first-order chi connectivity index (χ1) is 20.5. The fourth-order valence-corrected chi connectivity index (χ4v) is 6.97. The minimum absolute atomic E-state index is 0.0351. The number of carbonyl (C=O) groups excluding carboxylic acids is 4. The second-order valence-corrected chi connectivity index (χ2v) is 10.3. The van der Waals surface area contributed by atoms with E-state index in [9.17, 15) is 45.5 Å². The lowest BCUT2D eigenvalue weighted by Gasteiger charge is -2.61. The van der Waals surface area contributed by atoms with Gasteiger partial charge in [0.15, 0.2) is 0 Å². The summed E-state index contributed by atoms with van der Waals surface area (Å²) in [6.07, 6.45) is -10.4. The van der Waals surface area contributed by atoms with Crippen LogP contribution in [0, 0.1) is 11.8 Å². The number of hydrogen-bond donors (Lipinski definition) is 0. The molecule has 4 atom stereocenters. The zero-order valence-electron chi connectivity index (χ0n) is 23.5. The molecule has 2 aromatic carbocycles. The smallest absolute Gasteiger partial charge is 0.466 e. The molecule has 10 nitrogen and oxygen atoms in total. The van der Waals surface area contributed by atoms with E-state index >= 15 is 0 Å². The minimum Gasteiger partial charge on any atom is -0.466 e. The third-order valence-corrected chi connectivity index (χ3v) is 8.23. The van der Waals surface area contributed by atoms with Crippen LogP contribution in [-0.2, 0) is 39.5 Å². The van der Waals surface area contributed by atoms with Gasteiger partial charge in [0.05, 0.1) is 25.0 Å². The lowest BCUT2D eigenvalue weighted by atomic mass is 9.34. The number of fused-ring (bicyclic) bond motifs is 5. The summed E-state index contributed by atoms with van der Waals surface area (Å²) in [4.78, 5) is 58.2. The molecule has 2 aromatic rings. The van der Waals surface area contributed by atoms with Crippen molar-refractivity contribution in [1.29, 1.82) is 0 Å². The van der Waals surface area contributed by atoms with Crippen LogP contribution in [0.5, 0.6) is 11.5 Å². The van der Waals surface area contributed by atoms with Crippen LogP contribution in [0.2, 0.25) is 0 Å². The molecule has 0 aromatic heterocycles. The van der Waals surface area contributed by atoms with Gasteiger partial charge in [-0.15, -0.1) is 26.3 Å². The van der Waals surface area contributed by atoms with Gasteiger partial charge >= 0.3 is 24.7 Å². The fourth-order valence-electron chi connectivity index (χ4n) is 6.97. The van der Waals surface area contributed by atoms with Crippen LogP contribution in [0.1, 0.15) is 25.0 Å². The van der Waals surface area contributed by atoms with Gasteiger partial charge < -0.3 is 28.7 Å². The Morgan fingerprint density at radius 3 is 1.34 bits per heavy atom. The third-order valence-electron chi connectivity index (χ3n) is 8.23. The minimum atomic E-state index is -5.18. The molecule has 1 aliphatic carbocycles. The van der Waals surface area contributed by atoms with Gasteiger partial charge in [0.1, 0.15) is 22.3 Å². The van der Waals surface area contributed by atoms with Crippen LogP contribution in [-0.4, -0.2) is 63.8 Å². The maximum absolute atomic E-state index is 14.5. The highest BCUT2D eigenvalue weighted by Crippen LogP contribution is 2.74. The van der Waals surface area contributed by atoms with Crippen LogP contribution >= 0.6 is 0 Å². The van der Waals surface area contributed by atoms with E-state index in [1.807, 2.05) is 0 Å². The highest BCUT2D eigenvalue weighted by atomic mass is 19.4. The van der Waals surface area contributed by atoms with E-state index in [0.717, 1.165) is 46.2 Å². The summed E-state index contributed by atoms with van der Waals surface area (Å²) in [6.45, 7) is 2.34. The number of nitrogens with zero attached hydrogens (tertiary/aromatic N) is 2. The van der Waals surface area contributed by atoms with Gasteiger partial charge in [0, 0.05) is 25.5 Å². The molecule has 3 aliphatic rings. The molecule has 1 fully saturated rings. The van der Waals surface area contributed by atoms with E-state index in [1.54, 1.807) is 0 Å². The van der Waals surface area contributed by atoms with Crippen molar-refractivity contribution in [1.82, 2.24) is 0 Å². The largest absolute Gasteiger partial charge is 0.573 e. The SMILES string of the molecule is CCOC(=O)[C@@H]1[C@@H](C(=O)OCC)[C@]2(C(=O)N(C)c3ccc(OC(F)(F)F)cc32)[C@@]12C(=O)N(C)c1ccc(OC(F)(F)F)cc12. The van der Waals surface area contributed by atoms with E-state index in [2.05, 4.69) is 9.47 Å². The van der Waals surface area contributed by atoms with Gasteiger partial charge in [-0.2, -0.15) is 0 Å². The van der Waals surface area contributed by atoms with E-state index < -0.39 is 70.6 Å². The van der Waals surface area contributed by atoms with Crippen molar-refractivity contribution < 1.29 is 64.5 Å². The van der Waals surface area contributed by atoms with Crippen LogP contribution in [0.4, 0.5) is 37.7 Å². The summed E-state index contributed by atoms with van der Waals surface area (Å²) >= 11 is 0. The standard InChI is InChI=1S/C28H24F6N2O8/c1-5-41-21(37)19-20(22(38)42-6-2)26(16-12-14(44-28(32,33)34)8-10-18(16)36(4)24(26)40)25(19)15-11-13(43-27(29,30)31)7-9-17(15)35(3)23(25)39/h7-12,19-20H,5-6H2,1-4H3/t19-,20-,25+,26+/m0/s1. The quantitative estimate of drug-likeness (QED) is 0.348. The molecule has 0 radical (unpaired) electrons. The monoisotopic (exact) mass is 630 g/mol. The summed E-state index contributed by atoms with van der Waals surface area (Å²) in [5.74, 6) is -9.63. The molecule has 0 bridgehead atoms. The number of hydrogen-bond acceptors (Lipinski definition) is 8. The van der Waals surface area contributed by atoms with Crippen molar-refractivity contribution in [3.05, 3.63) is 47.5 Å². The van der Waals surface area contributed by atoms with Crippen molar-refractivity contribution in [2.75, 3.05) is 37.1 Å². The second kappa shape index (κ2) is 10.0. The molecule has 2 aliphatic heterocycles. The Kier molecular flexibility index (Phi) is 7.05. The topological polar surface area (TPSA) is 112 Å². The number of esters is 2. The van der Waals surface area contributed by atoms with Crippen LogP contribution < -0.4 is 19.3 Å². The number of rotatable bonds is 6. The van der Waals surface area contributed by atoms with Gasteiger partial charge in [0.25, 0.3) is 0 Å². The fraction of sp³-hybridized carbons (Fsp3) is 0.429. The Labute approximate surface area is 245 Å². The molecule has 0 saturated heterocycles. The number of amides is 2. The van der Waals surface area contributed by atoms with Gasteiger partial charge in [-0.25, -0.2) is 0 Å². The summed E-state index contributed by atoms with van der Waals surface area (Å²) in [6, 6.07) is 5.67. The maximum Gasteiger partial charge on any atom is 0.573 e. The summed E-state index contributed by atoms with van der Waals surface area (Å²) in [5, 5.41) is 0. The molecule has 44 heavy (non-hydrogen) atoms. The molecule has 2 amide bonds. The average molecular weight is 630 g/mol. The Morgan fingerprint density at radius 1 is 0.705 bits per heavy atom. The van der Waals surface area contributed by atoms with E-state index in [0.29, 0.717) is 0 Å². The van der Waals surface area contributed by atoms with Crippen molar-refractivity contribution in [2.45, 2.75) is 37.4 Å². The molecular formula is C28H24F6N2O8. The Balaban J connectivity index is 1.90. The van der Waals surface area contributed by atoms with E-state index in [4.69, 9.17) is 9.47 Å². The maximum atomic E-state index is 14.5. The molecule has 2 spiro atoms. The Morgan fingerprint density at radius 2 is 1.05 bits per heavy atom. The van der Waals surface area contributed by atoms with Crippen LogP contribution in [0.15, 0.2) is 36.4 Å². The van der Waals surface area contributed by atoms with Gasteiger partial charge in [0.2, 0.25) is 11.8 Å². The molecular weight excluding hydrogens is 606 g/mol. The first-order valence-electron chi connectivity index (χ1n) is 13.2. The number of benzene rings is 2. The lowest BCUT2D eigenvalue weighted by molar-refractivity contribution is -0.275. The van der Waals surface area contributed by atoms with Crippen LogP contribution in [0.25, 0.3) is 0 Å². The van der Waals surface area contributed by atoms with Crippen molar-refractivity contribution >= 4 is 35.1 Å². The number of carbonyl (C=O) groups is 4. The Bertz CT molecular complexity index is 1460. The molecule has 5 rings (SSSR count). The van der Waals surface area contributed by atoms with Crippen molar-refractivity contribution in [3.8, 4) is 11.5 Å². The number of ether oxygens (including phenoxy) is 4. The van der Waals surface area contributed by atoms with Crippen LogP contribution in [0.3, 0.4) is 0 Å². The predicted octanol–water partition coefficient (Wildman–Crippen LogP) is 3.98. The predicted molar refractivity (Wildman–Crippen MR) is 137 cm³/mol. The van der Waals surface area contributed by atoms with Crippen molar-refractivity contribution in [2.24, 2.45) is 11.8 Å². The van der Waals surface area contributed by atoms with Gasteiger partial charge in [-0.05, 0) is 61.4 Å². The number of halogens is 6. The first-order valence-corrected chi connectivity index (χ1v) is 13.2. The van der Waals surface area contributed by atoms with E-state index in [-0.39, 0.29) is 35.7 Å². The summed E-state index contributed by atoms with van der Waals surface area (Å²) in [7, 11) is 2.47. The number of anilines is 2. The zero-order chi connectivity index (χ0) is 32.6.